The van der Waals surface area contributed by atoms with Crippen molar-refractivity contribution in [3.8, 4) is 23.0 Å². The molecule has 1 N–H and O–H groups in total. The van der Waals surface area contributed by atoms with Crippen LogP contribution in [0.2, 0.25) is 0 Å². The summed E-state index contributed by atoms with van der Waals surface area (Å²) in [5.41, 5.74) is 1.79. The third kappa shape index (κ3) is 4.27. The van der Waals surface area contributed by atoms with Crippen molar-refractivity contribution in [3.05, 3.63) is 53.6 Å². The Labute approximate surface area is 152 Å². The zero-order valence-corrected chi connectivity index (χ0v) is 14.8. The van der Waals surface area contributed by atoms with Crippen LogP contribution in [0.3, 0.4) is 0 Å². The summed E-state index contributed by atoms with van der Waals surface area (Å²) in [6.07, 6.45) is 3.23. The number of amides is 1. The van der Waals surface area contributed by atoms with Crippen LogP contribution in [0.1, 0.15) is 11.1 Å². The molecule has 0 unspecified atom stereocenters. The summed E-state index contributed by atoms with van der Waals surface area (Å²) in [6, 6.07) is 11.1. The van der Waals surface area contributed by atoms with E-state index in [1.807, 2.05) is 36.4 Å². The van der Waals surface area contributed by atoms with Crippen LogP contribution in [0.25, 0.3) is 6.08 Å². The molecule has 1 amide bonds. The number of ether oxygens (including phenoxy) is 4. The average molecular weight is 355 g/mol. The normalized spacial score (nSPS) is 12.7. The van der Waals surface area contributed by atoms with Gasteiger partial charge in [-0.3, -0.25) is 4.79 Å². The molecular weight excluding hydrogens is 334 g/mol. The molecule has 1 aliphatic rings. The van der Waals surface area contributed by atoms with E-state index in [0.717, 1.165) is 16.9 Å². The lowest BCUT2D eigenvalue weighted by Gasteiger charge is -2.18. The van der Waals surface area contributed by atoms with Gasteiger partial charge in [0, 0.05) is 12.6 Å². The Morgan fingerprint density at radius 1 is 1.04 bits per heavy atom. The fraction of sp³-hybridized carbons (Fsp3) is 0.250. The molecule has 1 heterocycles. The predicted octanol–water partition coefficient (Wildman–Crippen LogP) is 2.80. The zero-order chi connectivity index (χ0) is 18.4. The first kappa shape index (κ1) is 17.7. The van der Waals surface area contributed by atoms with Gasteiger partial charge in [-0.25, -0.2) is 0 Å². The van der Waals surface area contributed by atoms with Gasteiger partial charge in [-0.05, 0) is 41.5 Å². The van der Waals surface area contributed by atoms with Gasteiger partial charge in [0.05, 0.1) is 14.2 Å². The first-order valence-corrected chi connectivity index (χ1v) is 8.26. The number of methoxy groups -OCH3 is 2. The molecule has 1 aliphatic heterocycles. The molecule has 0 bridgehead atoms. The van der Waals surface area contributed by atoms with E-state index in [2.05, 4.69) is 5.32 Å². The van der Waals surface area contributed by atoms with E-state index in [4.69, 9.17) is 18.9 Å². The average Bonchev–Trinajstić information content (AvgIpc) is 2.70. The van der Waals surface area contributed by atoms with E-state index < -0.39 is 0 Å². The minimum Gasteiger partial charge on any atom is -0.493 e. The van der Waals surface area contributed by atoms with Gasteiger partial charge in [0.15, 0.2) is 23.0 Å². The topological polar surface area (TPSA) is 66.0 Å². The summed E-state index contributed by atoms with van der Waals surface area (Å²) >= 11 is 0. The Morgan fingerprint density at radius 2 is 1.81 bits per heavy atom. The third-order valence-corrected chi connectivity index (χ3v) is 3.91. The summed E-state index contributed by atoms with van der Waals surface area (Å²) < 4.78 is 21.5. The number of carbonyl (C=O) groups is 1. The minimum absolute atomic E-state index is 0.185. The van der Waals surface area contributed by atoms with Crippen LogP contribution in [0.5, 0.6) is 23.0 Å². The van der Waals surface area contributed by atoms with E-state index >= 15 is 0 Å². The maximum Gasteiger partial charge on any atom is 0.244 e. The molecule has 0 radical (unpaired) electrons. The van der Waals surface area contributed by atoms with E-state index in [0.29, 0.717) is 37.0 Å². The molecule has 2 aromatic rings. The van der Waals surface area contributed by atoms with E-state index in [9.17, 15) is 4.79 Å². The molecule has 26 heavy (non-hydrogen) atoms. The summed E-state index contributed by atoms with van der Waals surface area (Å²) in [5.74, 6) is 2.53. The van der Waals surface area contributed by atoms with Gasteiger partial charge in [0.25, 0.3) is 0 Å². The number of carbonyl (C=O) groups excluding carboxylic acids is 1. The fourth-order valence-electron chi connectivity index (χ4n) is 2.57. The summed E-state index contributed by atoms with van der Waals surface area (Å²) in [4.78, 5) is 12.0. The van der Waals surface area contributed by atoms with Crippen molar-refractivity contribution in [1.82, 2.24) is 5.32 Å². The van der Waals surface area contributed by atoms with Gasteiger partial charge < -0.3 is 24.3 Å². The maximum absolute atomic E-state index is 12.0. The molecule has 6 nitrogen and oxygen atoms in total. The molecule has 0 aromatic heterocycles. The predicted molar refractivity (Wildman–Crippen MR) is 97.9 cm³/mol. The van der Waals surface area contributed by atoms with Gasteiger partial charge >= 0.3 is 0 Å². The Bertz CT molecular complexity index is 816. The smallest absolute Gasteiger partial charge is 0.244 e. The monoisotopic (exact) mass is 355 g/mol. The molecule has 0 spiro atoms. The Kier molecular flexibility index (Phi) is 5.63. The number of rotatable bonds is 6. The summed E-state index contributed by atoms with van der Waals surface area (Å²) in [7, 11) is 3.16. The highest BCUT2D eigenvalue weighted by Gasteiger charge is 2.11. The zero-order valence-electron chi connectivity index (χ0n) is 14.8. The van der Waals surface area contributed by atoms with Crippen LogP contribution in [-0.4, -0.2) is 33.3 Å². The first-order chi connectivity index (χ1) is 12.7. The van der Waals surface area contributed by atoms with Crippen LogP contribution in [0.15, 0.2) is 42.5 Å². The second-order valence-electron chi connectivity index (χ2n) is 5.64. The molecule has 2 aromatic carbocycles. The molecule has 0 aliphatic carbocycles. The highest BCUT2D eigenvalue weighted by atomic mass is 16.6. The van der Waals surface area contributed by atoms with Crippen molar-refractivity contribution in [3.63, 3.8) is 0 Å². The number of benzene rings is 2. The van der Waals surface area contributed by atoms with Crippen molar-refractivity contribution in [2.75, 3.05) is 27.4 Å². The van der Waals surface area contributed by atoms with E-state index in [1.165, 1.54) is 6.08 Å². The van der Waals surface area contributed by atoms with E-state index in [1.54, 1.807) is 20.3 Å². The van der Waals surface area contributed by atoms with Gasteiger partial charge in [-0.15, -0.1) is 0 Å². The lowest BCUT2D eigenvalue weighted by Crippen LogP contribution is -2.20. The largest absolute Gasteiger partial charge is 0.493 e. The van der Waals surface area contributed by atoms with Crippen LogP contribution < -0.4 is 24.3 Å². The highest BCUT2D eigenvalue weighted by molar-refractivity contribution is 5.91. The van der Waals surface area contributed by atoms with Crippen molar-refractivity contribution >= 4 is 12.0 Å². The Morgan fingerprint density at radius 3 is 2.58 bits per heavy atom. The number of fused-ring (bicyclic) bond motifs is 1. The lowest BCUT2D eigenvalue weighted by molar-refractivity contribution is -0.116. The van der Waals surface area contributed by atoms with Gasteiger partial charge in [0.2, 0.25) is 5.91 Å². The van der Waals surface area contributed by atoms with Crippen molar-refractivity contribution in [2.24, 2.45) is 0 Å². The van der Waals surface area contributed by atoms with Crippen LogP contribution in [0, 0.1) is 0 Å². The molecule has 136 valence electrons. The van der Waals surface area contributed by atoms with Gasteiger partial charge in [-0.2, -0.15) is 0 Å². The van der Waals surface area contributed by atoms with Crippen LogP contribution >= 0.6 is 0 Å². The van der Waals surface area contributed by atoms with Gasteiger partial charge in [-0.1, -0.05) is 12.1 Å². The second kappa shape index (κ2) is 8.29. The first-order valence-electron chi connectivity index (χ1n) is 8.26. The van der Waals surface area contributed by atoms with E-state index in [-0.39, 0.29) is 5.91 Å². The standard InChI is InChI=1S/C20H21NO5/c1-23-16-6-4-15(12-18(16)24-2)13-21-20(22)8-5-14-3-7-17-19(11-14)26-10-9-25-17/h3-8,11-12H,9-10,13H2,1-2H3,(H,21,22)/b8-5+. The second-order valence-corrected chi connectivity index (χ2v) is 5.64. The SMILES string of the molecule is COc1ccc(CNC(=O)/C=C/c2ccc3c(c2)OCCO3)cc1OC. The van der Waals surface area contributed by atoms with Crippen molar-refractivity contribution < 1.29 is 23.7 Å². The maximum atomic E-state index is 12.0. The summed E-state index contributed by atoms with van der Waals surface area (Å²) in [5, 5.41) is 2.84. The third-order valence-electron chi connectivity index (χ3n) is 3.91. The number of hydrogen-bond acceptors (Lipinski definition) is 5. The number of hydrogen-bond donors (Lipinski definition) is 1. The highest BCUT2D eigenvalue weighted by Crippen LogP contribution is 2.31. The molecule has 3 rings (SSSR count). The molecular formula is C20H21NO5. The molecule has 0 fully saturated rings. The number of nitrogens with one attached hydrogen (secondary N) is 1. The minimum atomic E-state index is -0.185. The van der Waals surface area contributed by atoms with Crippen molar-refractivity contribution in [2.45, 2.75) is 6.54 Å². The molecule has 0 saturated carbocycles. The summed E-state index contributed by atoms with van der Waals surface area (Å²) in [6.45, 7) is 1.48. The van der Waals surface area contributed by atoms with Crippen LogP contribution in [-0.2, 0) is 11.3 Å². The van der Waals surface area contributed by atoms with Crippen molar-refractivity contribution in [1.29, 1.82) is 0 Å². The Hall–Kier alpha value is -3.15. The fourth-order valence-corrected chi connectivity index (χ4v) is 2.57. The van der Waals surface area contributed by atoms with Gasteiger partial charge in [0.1, 0.15) is 13.2 Å². The Balaban J connectivity index is 1.58. The molecule has 0 atom stereocenters. The molecule has 6 heteroatoms. The molecule has 0 saturated heterocycles. The lowest BCUT2D eigenvalue weighted by atomic mass is 10.1. The quantitative estimate of drug-likeness (QED) is 0.807. The van der Waals surface area contributed by atoms with Crippen LogP contribution in [0.4, 0.5) is 0 Å².